The molecule has 1 N–H and O–H groups in total. The predicted molar refractivity (Wildman–Crippen MR) is 111 cm³/mol. The van der Waals surface area contributed by atoms with E-state index in [2.05, 4.69) is 39.2 Å². The molecule has 1 aromatic heterocycles. The minimum Gasteiger partial charge on any atom is -0.379 e. The molecule has 7 heteroatoms. The quantitative estimate of drug-likeness (QED) is 0.802. The van der Waals surface area contributed by atoms with Crippen molar-refractivity contribution >= 4 is 22.8 Å². The molecule has 152 valence electrons. The van der Waals surface area contributed by atoms with Crippen molar-refractivity contribution < 1.29 is 9.53 Å². The van der Waals surface area contributed by atoms with Gasteiger partial charge in [0.2, 0.25) is 0 Å². The van der Waals surface area contributed by atoms with Gasteiger partial charge in [0.05, 0.1) is 24.2 Å². The van der Waals surface area contributed by atoms with Crippen LogP contribution >= 0.6 is 0 Å². The molecule has 2 aromatic rings. The zero-order valence-corrected chi connectivity index (χ0v) is 16.8. The van der Waals surface area contributed by atoms with Crippen LogP contribution in [0.2, 0.25) is 0 Å². The number of aromatic nitrogens is 2. The number of ether oxygens (including phenoxy) is 1. The van der Waals surface area contributed by atoms with Gasteiger partial charge in [-0.05, 0) is 37.5 Å². The molecule has 7 nitrogen and oxygen atoms in total. The number of nitrogens with one attached hydrogen (secondary N) is 1. The molecule has 2 fully saturated rings. The van der Waals surface area contributed by atoms with Crippen molar-refractivity contribution in [1.82, 2.24) is 19.8 Å². The number of carbonyl (C=O) groups excluding carboxylic acids is 1. The van der Waals surface area contributed by atoms with E-state index in [4.69, 9.17) is 4.74 Å². The molecule has 0 aliphatic carbocycles. The van der Waals surface area contributed by atoms with E-state index in [0.29, 0.717) is 12.6 Å². The van der Waals surface area contributed by atoms with Crippen LogP contribution in [0.25, 0.3) is 11.0 Å². The molecule has 0 atom stereocenters. The van der Waals surface area contributed by atoms with Crippen LogP contribution in [-0.4, -0.2) is 72.5 Å². The first-order valence-corrected chi connectivity index (χ1v) is 10.6. The molecular weight excluding hydrogens is 354 g/mol. The number of morpholine rings is 1. The van der Waals surface area contributed by atoms with Gasteiger partial charge in [-0.3, -0.25) is 9.47 Å². The van der Waals surface area contributed by atoms with Gasteiger partial charge in [-0.25, -0.2) is 9.78 Å². The summed E-state index contributed by atoms with van der Waals surface area (Å²) in [7, 11) is 0. The van der Waals surface area contributed by atoms with Crippen molar-refractivity contribution in [2.75, 3.05) is 50.8 Å². The number of unbranched alkanes of at least 4 members (excludes halogenated alkanes) is 1. The number of fused-ring (bicyclic) bond motifs is 1. The summed E-state index contributed by atoms with van der Waals surface area (Å²) in [6.07, 6.45) is 6.03. The van der Waals surface area contributed by atoms with Gasteiger partial charge in [0.25, 0.3) is 0 Å². The normalized spacial score (nSPS) is 19.2. The minimum absolute atomic E-state index is 0.0980. The van der Waals surface area contributed by atoms with E-state index in [1.165, 1.54) is 18.5 Å². The second kappa shape index (κ2) is 8.92. The molecule has 0 unspecified atom stereocenters. The lowest BCUT2D eigenvalue weighted by molar-refractivity contribution is 0.0115. The fraction of sp³-hybridized carbons (Fsp3) is 0.619. The molecule has 2 aliphatic rings. The van der Waals surface area contributed by atoms with Crippen LogP contribution in [0.15, 0.2) is 24.5 Å². The number of piperidine rings is 1. The number of anilines is 1. The summed E-state index contributed by atoms with van der Waals surface area (Å²) in [5.41, 5.74) is 2.91. The first-order chi connectivity index (χ1) is 13.8. The maximum Gasteiger partial charge on any atom is 0.327 e. The van der Waals surface area contributed by atoms with E-state index in [1.54, 1.807) is 10.9 Å². The van der Waals surface area contributed by atoms with Crippen molar-refractivity contribution in [3.05, 3.63) is 24.5 Å². The van der Waals surface area contributed by atoms with Crippen LogP contribution in [0.3, 0.4) is 0 Å². The van der Waals surface area contributed by atoms with E-state index in [-0.39, 0.29) is 6.03 Å². The molecule has 0 bridgehead atoms. The van der Waals surface area contributed by atoms with Crippen LogP contribution in [0.1, 0.15) is 32.6 Å². The molecule has 28 heavy (non-hydrogen) atoms. The minimum atomic E-state index is -0.0980. The fourth-order valence-electron chi connectivity index (χ4n) is 4.24. The van der Waals surface area contributed by atoms with Crippen LogP contribution in [-0.2, 0) is 4.74 Å². The van der Waals surface area contributed by atoms with E-state index in [1.807, 2.05) is 6.07 Å². The monoisotopic (exact) mass is 385 g/mol. The second-order valence-electron chi connectivity index (χ2n) is 7.74. The van der Waals surface area contributed by atoms with E-state index >= 15 is 0 Å². The number of imidazole rings is 1. The summed E-state index contributed by atoms with van der Waals surface area (Å²) < 4.78 is 7.12. The SMILES string of the molecule is CCCCNC(=O)n1cnc2ccc(N3CCC(N4CCOCC4)CC3)cc21. The fourth-order valence-corrected chi connectivity index (χ4v) is 4.24. The van der Waals surface area contributed by atoms with Gasteiger partial charge in [0, 0.05) is 44.5 Å². The first kappa shape index (κ1) is 19.2. The highest BCUT2D eigenvalue weighted by Crippen LogP contribution is 2.26. The van der Waals surface area contributed by atoms with Crippen molar-refractivity contribution in [3.63, 3.8) is 0 Å². The average molecular weight is 386 g/mol. The standard InChI is InChI=1S/C21H31N5O2/c1-2-3-8-22-21(27)26-16-23-19-5-4-18(15-20(19)26)24-9-6-17(7-10-24)25-11-13-28-14-12-25/h4-5,15-17H,2-3,6-14H2,1H3,(H,22,27). The lowest BCUT2D eigenvalue weighted by Crippen LogP contribution is -2.49. The number of hydrogen-bond donors (Lipinski definition) is 1. The topological polar surface area (TPSA) is 62.6 Å². The third-order valence-corrected chi connectivity index (χ3v) is 5.95. The zero-order valence-electron chi connectivity index (χ0n) is 16.8. The highest BCUT2D eigenvalue weighted by atomic mass is 16.5. The summed E-state index contributed by atoms with van der Waals surface area (Å²) in [4.78, 5) is 21.9. The number of hydrogen-bond acceptors (Lipinski definition) is 5. The molecule has 1 aromatic carbocycles. The molecule has 1 amide bonds. The third-order valence-electron chi connectivity index (χ3n) is 5.95. The molecule has 0 radical (unpaired) electrons. The Kier molecular flexibility index (Phi) is 6.12. The van der Waals surface area contributed by atoms with Gasteiger partial charge in [-0.15, -0.1) is 0 Å². The average Bonchev–Trinajstić information content (AvgIpc) is 3.18. The van der Waals surface area contributed by atoms with Crippen molar-refractivity contribution in [2.45, 2.75) is 38.6 Å². The maximum atomic E-state index is 12.5. The summed E-state index contributed by atoms with van der Waals surface area (Å²) in [5.74, 6) is 0. The Hall–Kier alpha value is -2.12. The number of nitrogens with zero attached hydrogens (tertiary/aromatic N) is 4. The Morgan fingerprint density at radius 2 is 2.00 bits per heavy atom. The van der Waals surface area contributed by atoms with E-state index in [0.717, 1.165) is 63.3 Å². The Labute approximate surface area is 166 Å². The Balaban J connectivity index is 1.43. The van der Waals surface area contributed by atoms with Gasteiger partial charge in [-0.2, -0.15) is 0 Å². The summed E-state index contributed by atoms with van der Waals surface area (Å²) in [6.45, 7) is 8.75. The Bertz CT molecular complexity index is 791. The van der Waals surface area contributed by atoms with Gasteiger partial charge in [0.15, 0.2) is 0 Å². The highest BCUT2D eigenvalue weighted by Gasteiger charge is 2.26. The summed E-state index contributed by atoms with van der Waals surface area (Å²) in [6, 6.07) is 6.83. The molecule has 4 rings (SSSR count). The maximum absolute atomic E-state index is 12.5. The lowest BCUT2D eigenvalue weighted by atomic mass is 10.0. The predicted octanol–water partition coefficient (Wildman–Crippen LogP) is 2.70. The Morgan fingerprint density at radius 1 is 1.21 bits per heavy atom. The Morgan fingerprint density at radius 3 is 2.75 bits per heavy atom. The van der Waals surface area contributed by atoms with Gasteiger partial charge >= 0.3 is 6.03 Å². The van der Waals surface area contributed by atoms with Gasteiger partial charge in [-0.1, -0.05) is 13.3 Å². The first-order valence-electron chi connectivity index (χ1n) is 10.6. The molecular formula is C21H31N5O2. The van der Waals surface area contributed by atoms with Crippen LogP contribution in [0, 0.1) is 0 Å². The van der Waals surface area contributed by atoms with Gasteiger partial charge < -0.3 is 15.0 Å². The van der Waals surface area contributed by atoms with Crippen molar-refractivity contribution in [3.8, 4) is 0 Å². The van der Waals surface area contributed by atoms with Crippen LogP contribution in [0.5, 0.6) is 0 Å². The summed E-state index contributed by atoms with van der Waals surface area (Å²) in [5, 5.41) is 2.97. The van der Waals surface area contributed by atoms with E-state index < -0.39 is 0 Å². The smallest absolute Gasteiger partial charge is 0.327 e. The molecule has 0 spiro atoms. The van der Waals surface area contributed by atoms with Gasteiger partial charge in [0.1, 0.15) is 6.33 Å². The third kappa shape index (κ3) is 4.15. The number of benzene rings is 1. The van der Waals surface area contributed by atoms with Crippen LogP contribution in [0.4, 0.5) is 10.5 Å². The lowest BCUT2D eigenvalue weighted by Gasteiger charge is -2.40. The van der Waals surface area contributed by atoms with E-state index in [9.17, 15) is 4.79 Å². The largest absolute Gasteiger partial charge is 0.379 e. The van der Waals surface area contributed by atoms with Crippen LogP contribution < -0.4 is 10.2 Å². The number of rotatable bonds is 5. The molecule has 2 aliphatic heterocycles. The van der Waals surface area contributed by atoms with Crippen molar-refractivity contribution in [2.24, 2.45) is 0 Å². The number of amides is 1. The zero-order chi connectivity index (χ0) is 19.3. The molecule has 3 heterocycles. The van der Waals surface area contributed by atoms with Crippen molar-refractivity contribution in [1.29, 1.82) is 0 Å². The highest BCUT2D eigenvalue weighted by molar-refractivity contribution is 5.90. The molecule has 2 saturated heterocycles. The summed E-state index contributed by atoms with van der Waals surface area (Å²) >= 11 is 0. The number of carbonyl (C=O) groups is 1. The second-order valence-corrected chi connectivity index (χ2v) is 7.74. The molecule has 0 saturated carbocycles.